The van der Waals surface area contributed by atoms with Crippen LogP contribution in [0.15, 0.2) is 0 Å². The van der Waals surface area contributed by atoms with E-state index in [1.165, 1.54) is 25.7 Å². The number of carbonyl (C=O) groups excluding carboxylic acids is 1. The lowest BCUT2D eigenvalue weighted by atomic mass is 9.98. The zero-order valence-electron chi connectivity index (χ0n) is 8.91. The van der Waals surface area contributed by atoms with Crippen LogP contribution >= 0.6 is 0 Å². The SMILES string of the molecule is CC(C1CCCC1)N1CCC(N)C1=O. The summed E-state index contributed by atoms with van der Waals surface area (Å²) < 4.78 is 0. The Morgan fingerprint density at radius 3 is 2.50 bits per heavy atom. The van der Waals surface area contributed by atoms with Gasteiger partial charge in [0.1, 0.15) is 0 Å². The molecule has 1 amide bonds. The third-order valence-corrected chi connectivity index (χ3v) is 3.85. The molecule has 1 aliphatic carbocycles. The highest BCUT2D eigenvalue weighted by Crippen LogP contribution is 2.31. The molecule has 0 aromatic carbocycles. The van der Waals surface area contributed by atoms with Gasteiger partial charge in [-0.1, -0.05) is 12.8 Å². The van der Waals surface area contributed by atoms with Crippen LogP contribution in [0.1, 0.15) is 39.0 Å². The zero-order valence-corrected chi connectivity index (χ0v) is 8.91. The van der Waals surface area contributed by atoms with Gasteiger partial charge < -0.3 is 10.6 Å². The van der Waals surface area contributed by atoms with Gasteiger partial charge in [-0.15, -0.1) is 0 Å². The lowest BCUT2D eigenvalue weighted by Crippen LogP contribution is -2.42. The van der Waals surface area contributed by atoms with Crippen molar-refractivity contribution >= 4 is 5.91 Å². The summed E-state index contributed by atoms with van der Waals surface area (Å²) in [6, 6.07) is 0.192. The van der Waals surface area contributed by atoms with Crippen LogP contribution in [-0.2, 0) is 4.79 Å². The van der Waals surface area contributed by atoms with E-state index in [-0.39, 0.29) is 11.9 Å². The Balaban J connectivity index is 1.97. The summed E-state index contributed by atoms with van der Waals surface area (Å²) in [7, 11) is 0. The standard InChI is InChI=1S/C11H20N2O/c1-8(9-4-2-3-5-9)13-7-6-10(12)11(13)14/h8-10H,2-7,12H2,1H3. The smallest absolute Gasteiger partial charge is 0.239 e. The number of rotatable bonds is 2. The molecule has 1 aliphatic heterocycles. The monoisotopic (exact) mass is 196 g/mol. The molecule has 2 unspecified atom stereocenters. The highest BCUT2D eigenvalue weighted by atomic mass is 16.2. The Hall–Kier alpha value is -0.570. The lowest BCUT2D eigenvalue weighted by molar-refractivity contribution is -0.131. The average molecular weight is 196 g/mol. The second-order valence-corrected chi connectivity index (χ2v) is 4.71. The fourth-order valence-corrected chi connectivity index (χ4v) is 2.82. The van der Waals surface area contributed by atoms with Crippen molar-refractivity contribution in [3.8, 4) is 0 Å². The molecule has 0 aromatic rings. The van der Waals surface area contributed by atoms with Gasteiger partial charge in [0.2, 0.25) is 5.91 Å². The minimum Gasteiger partial charge on any atom is -0.338 e. The topological polar surface area (TPSA) is 46.3 Å². The fraction of sp³-hybridized carbons (Fsp3) is 0.909. The molecule has 0 radical (unpaired) electrons. The van der Waals surface area contributed by atoms with Gasteiger partial charge >= 0.3 is 0 Å². The maximum Gasteiger partial charge on any atom is 0.239 e. The summed E-state index contributed by atoms with van der Waals surface area (Å²) >= 11 is 0. The first-order valence-electron chi connectivity index (χ1n) is 5.76. The molecular weight excluding hydrogens is 176 g/mol. The van der Waals surface area contributed by atoms with Crippen molar-refractivity contribution in [2.45, 2.75) is 51.1 Å². The minimum atomic E-state index is -0.223. The molecule has 2 N–H and O–H groups in total. The molecule has 2 fully saturated rings. The third-order valence-electron chi connectivity index (χ3n) is 3.85. The molecule has 1 saturated carbocycles. The van der Waals surface area contributed by atoms with Gasteiger partial charge in [0.05, 0.1) is 6.04 Å². The normalized spacial score (nSPS) is 31.4. The lowest BCUT2D eigenvalue weighted by Gasteiger charge is -2.29. The molecule has 0 aromatic heterocycles. The maximum absolute atomic E-state index is 11.7. The molecular formula is C11H20N2O. The van der Waals surface area contributed by atoms with Crippen molar-refractivity contribution < 1.29 is 4.79 Å². The van der Waals surface area contributed by atoms with Crippen LogP contribution in [0, 0.1) is 5.92 Å². The predicted molar refractivity (Wildman–Crippen MR) is 55.7 cm³/mol. The van der Waals surface area contributed by atoms with Crippen LogP contribution in [0.3, 0.4) is 0 Å². The third kappa shape index (κ3) is 1.65. The fourth-order valence-electron chi connectivity index (χ4n) is 2.82. The van der Waals surface area contributed by atoms with Crippen LogP contribution < -0.4 is 5.73 Å². The van der Waals surface area contributed by atoms with E-state index in [9.17, 15) is 4.79 Å². The van der Waals surface area contributed by atoms with Crippen molar-refractivity contribution in [2.24, 2.45) is 11.7 Å². The molecule has 1 heterocycles. The number of likely N-dealkylation sites (tertiary alicyclic amines) is 1. The molecule has 0 bridgehead atoms. The summed E-state index contributed by atoms with van der Waals surface area (Å²) in [4.78, 5) is 13.7. The maximum atomic E-state index is 11.7. The first kappa shape index (κ1) is 9.97. The number of nitrogens with zero attached hydrogens (tertiary/aromatic N) is 1. The van der Waals surface area contributed by atoms with Gasteiger partial charge in [-0.2, -0.15) is 0 Å². The Morgan fingerprint density at radius 1 is 1.36 bits per heavy atom. The van der Waals surface area contributed by atoms with Crippen molar-refractivity contribution in [2.75, 3.05) is 6.54 Å². The van der Waals surface area contributed by atoms with E-state index >= 15 is 0 Å². The van der Waals surface area contributed by atoms with Crippen molar-refractivity contribution in [1.29, 1.82) is 0 Å². The molecule has 2 rings (SSSR count). The van der Waals surface area contributed by atoms with Crippen LogP contribution in [0.2, 0.25) is 0 Å². The van der Waals surface area contributed by atoms with E-state index in [0.717, 1.165) is 18.9 Å². The van der Waals surface area contributed by atoms with Crippen LogP contribution in [0.5, 0.6) is 0 Å². The first-order valence-corrected chi connectivity index (χ1v) is 5.76. The van der Waals surface area contributed by atoms with Gasteiger partial charge in [-0.25, -0.2) is 0 Å². The largest absolute Gasteiger partial charge is 0.338 e. The summed E-state index contributed by atoms with van der Waals surface area (Å²) in [5.74, 6) is 0.897. The van der Waals surface area contributed by atoms with Gasteiger partial charge in [-0.05, 0) is 32.1 Å². The van der Waals surface area contributed by atoms with Gasteiger partial charge in [-0.3, -0.25) is 4.79 Å². The highest BCUT2D eigenvalue weighted by Gasteiger charge is 2.35. The van der Waals surface area contributed by atoms with E-state index in [4.69, 9.17) is 5.73 Å². The first-order chi connectivity index (χ1) is 6.70. The summed E-state index contributed by atoms with van der Waals surface area (Å²) in [6.45, 7) is 3.06. The van der Waals surface area contributed by atoms with Crippen LogP contribution in [0.4, 0.5) is 0 Å². The molecule has 1 saturated heterocycles. The van der Waals surface area contributed by atoms with Crippen LogP contribution in [-0.4, -0.2) is 29.4 Å². The minimum absolute atomic E-state index is 0.171. The van der Waals surface area contributed by atoms with Crippen molar-refractivity contribution in [3.63, 3.8) is 0 Å². The second kappa shape index (κ2) is 3.89. The van der Waals surface area contributed by atoms with Gasteiger partial charge in [0, 0.05) is 12.6 Å². The van der Waals surface area contributed by atoms with Gasteiger partial charge in [0.25, 0.3) is 0 Å². The molecule has 2 aliphatic rings. The van der Waals surface area contributed by atoms with E-state index in [2.05, 4.69) is 6.92 Å². The Labute approximate surface area is 85.6 Å². The summed E-state index contributed by atoms with van der Waals surface area (Å²) in [5.41, 5.74) is 5.71. The number of nitrogens with two attached hydrogens (primary N) is 1. The molecule has 0 spiro atoms. The average Bonchev–Trinajstić information content (AvgIpc) is 2.77. The zero-order chi connectivity index (χ0) is 10.1. The number of hydrogen-bond acceptors (Lipinski definition) is 2. The molecule has 80 valence electrons. The van der Waals surface area contributed by atoms with E-state index in [1.807, 2.05) is 4.90 Å². The van der Waals surface area contributed by atoms with E-state index in [1.54, 1.807) is 0 Å². The quantitative estimate of drug-likeness (QED) is 0.719. The number of hydrogen-bond donors (Lipinski definition) is 1. The second-order valence-electron chi connectivity index (χ2n) is 4.71. The summed E-state index contributed by atoms with van der Waals surface area (Å²) in [5, 5.41) is 0. The van der Waals surface area contributed by atoms with Crippen molar-refractivity contribution in [1.82, 2.24) is 4.90 Å². The molecule has 3 nitrogen and oxygen atoms in total. The molecule has 3 heteroatoms. The van der Waals surface area contributed by atoms with Crippen molar-refractivity contribution in [3.05, 3.63) is 0 Å². The Bertz CT molecular complexity index is 223. The number of amides is 1. The summed E-state index contributed by atoms with van der Waals surface area (Å²) in [6.07, 6.45) is 6.10. The molecule has 14 heavy (non-hydrogen) atoms. The number of carbonyl (C=O) groups is 1. The highest BCUT2D eigenvalue weighted by molar-refractivity contribution is 5.84. The Kier molecular flexibility index (Phi) is 2.77. The van der Waals surface area contributed by atoms with Gasteiger partial charge in [0.15, 0.2) is 0 Å². The predicted octanol–water partition coefficient (Wildman–Crippen LogP) is 1.12. The van der Waals surface area contributed by atoms with Crippen LogP contribution in [0.25, 0.3) is 0 Å². The Morgan fingerprint density at radius 2 is 2.00 bits per heavy atom. The van der Waals surface area contributed by atoms with E-state index < -0.39 is 0 Å². The van der Waals surface area contributed by atoms with E-state index in [0.29, 0.717) is 6.04 Å². The molecule has 2 atom stereocenters.